The summed E-state index contributed by atoms with van der Waals surface area (Å²) in [6, 6.07) is 15.2. The van der Waals surface area contributed by atoms with Crippen LogP contribution in [0.1, 0.15) is 30.0 Å². The molecule has 1 aliphatic rings. The molecule has 0 radical (unpaired) electrons. The van der Waals surface area contributed by atoms with Gasteiger partial charge in [-0.15, -0.1) is 0 Å². The molecule has 1 atom stereocenters. The lowest BCUT2D eigenvalue weighted by Crippen LogP contribution is -2.52. The summed E-state index contributed by atoms with van der Waals surface area (Å²) in [5.41, 5.74) is 3.76. The summed E-state index contributed by atoms with van der Waals surface area (Å²) in [6.45, 7) is 9.86. The molecule has 1 aliphatic heterocycles. The Labute approximate surface area is 174 Å². The second-order valence-corrected chi connectivity index (χ2v) is 7.75. The second-order valence-electron chi connectivity index (χ2n) is 7.75. The van der Waals surface area contributed by atoms with Crippen molar-refractivity contribution in [2.24, 2.45) is 0 Å². The molecule has 0 unspecified atom stereocenters. The highest BCUT2D eigenvalue weighted by atomic mass is 16.5. The van der Waals surface area contributed by atoms with Crippen molar-refractivity contribution < 1.29 is 14.6 Å². The Bertz CT molecular complexity index is 763. The summed E-state index contributed by atoms with van der Waals surface area (Å²) in [6.07, 6.45) is 0.801. The molecule has 2 aromatic carbocycles. The third-order valence-corrected chi connectivity index (χ3v) is 5.64. The molecule has 2 aromatic rings. The van der Waals surface area contributed by atoms with E-state index < -0.39 is 0 Å². The van der Waals surface area contributed by atoms with Crippen LogP contribution in [-0.2, 0) is 13.1 Å². The molecule has 0 saturated carbocycles. The molecular formula is C24H34N2O3. The molecule has 1 saturated heterocycles. The van der Waals surface area contributed by atoms with E-state index in [9.17, 15) is 5.11 Å². The van der Waals surface area contributed by atoms with E-state index in [0.29, 0.717) is 12.6 Å². The van der Waals surface area contributed by atoms with Gasteiger partial charge in [0.05, 0.1) is 13.7 Å². The van der Waals surface area contributed by atoms with E-state index in [2.05, 4.69) is 41.0 Å². The topological polar surface area (TPSA) is 45.2 Å². The van der Waals surface area contributed by atoms with Crippen LogP contribution in [0.15, 0.2) is 42.5 Å². The van der Waals surface area contributed by atoms with Gasteiger partial charge in [-0.3, -0.25) is 9.80 Å². The number of piperazine rings is 1. The lowest BCUT2D eigenvalue weighted by Gasteiger charge is -2.41. The molecule has 29 heavy (non-hydrogen) atoms. The SMILES string of the molecule is CCOc1ccc(CN2CCN(Cc3ccc(OC)c(C)c3)[C@H](CCO)C2)cc1. The van der Waals surface area contributed by atoms with Crippen molar-refractivity contribution in [2.45, 2.75) is 39.4 Å². The number of nitrogens with zero attached hydrogens (tertiary/aromatic N) is 2. The summed E-state index contributed by atoms with van der Waals surface area (Å²) in [5, 5.41) is 9.60. The fourth-order valence-corrected chi connectivity index (χ4v) is 4.12. The van der Waals surface area contributed by atoms with Crippen molar-refractivity contribution in [1.29, 1.82) is 0 Å². The predicted octanol–water partition coefficient (Wildman–Crippen LogP) is 3.47. The highest BCUT2D eigenvalue weighted by molar-refractivity contribution is 5.36. The number of rotatable bonds is 9. The van der Waals surface area contributed by atoms with Crippen LogP contribution < -0.4 is 9.47 Å². The van der Waals surface area contributed by atoms with E-state index in [4.69, 9.17) is 9.47 Å². The van der Waals surface area contributed by atoms with Crippen LogP contribution in [0, 0.1) is 6.92 Å². The number of aliphatic hydroxyl groups excluding tert-OH is 1. The molecule has 1 fully saturated rings. The molecule has 0 bridgehead atoms. The molecule has 5 nitrogen and oxygen atoms in total. The van der Waals surface area contributed by atoms with E-state index in [1.807, 2.05) is 25.1 Å². The number of ether oxygens (including phenoxy) is 2. The lowest BCUT2D eigenvalue weighted by atomic mass is 10.0. The summed E-state index contributed by atoms with van der Waals surface area (Å²) >= 11 is 0. The molecule has 158 valence electrons. The van der Waals surface area contributed by atoms with E-state index >= 15 is 0 Å². The maximum Gasteiger partial charge on any atom is 0.121 e. The van der Waals surface area contributed by atoms with Crippen molar-refractivity contribution in [2.75, 3.05) is 40.0 Å². The zero-order chi connectivity index (χ0) is 20.6. The molecule has 0 amide bonds. The van der Waals surface area contributed by atoms with E-state index in [1.54, 1.807) is 7.11 Å². The first kappa shape index (κ1) is 21.6. The highest BCUT2D eigenvalue weighted by Gasteiger charge is 2.26. The van der Waals surface area contributed by atoms with Gasteiger partial charge in [-0.2, -0.15) is 0 Å². The first-order valence-corrected chi connectivity index (χ1v) is 10.6. The van der Waals surface area contributed by atoms with Crippen LogP contribution in [0.4, 0.5) is 0 Å². The molecule has 1 N–H and O–H groups in total. The highest BCUT2D eigenvalue weighted by Crippen LogP contribution is 2.23. The minimum atomic E-state index is 0.222. The van der Waals surface area contributed by atoms with Crippen LogP contribution in [-0.4, -0.2) is 60.9 Å². The number of methoxy groups -OCH3 is 1. The Morgan fingerprint density at radius 1 is 1.03 bits per heavy atom. The average molecular weight is 399 g/mol. The van der Waals surface area contributed by atoms with Crippen molar-refractivity contribution in [1.82, 2.24) is 9.80 Å². The van der Waals surface area contributed by atoms with Crippen molar-refractivity contribution in [3.63, 3.8) is 0 Å². The molecule has 0 spiro atoms. The van der Waals surface area contributed by atoms with Crippen LogP contribution in [0.3, 0.4) is 0 Å². The second kappa shape index (κ2) is 10.6. The maximum absolute atomic E-state index is 9.60. The Morgan fingerprint density at radius 3 is 2.45 bits per heavy atom. The van der Waals surface area contributed by atoms with Gasteiger partial charge >= 0.3 is 0 Å². The number of benzene rings is 2. The smallest absolute Gasteiger partial charge is 0.121 e. The van der Waals surface area contributed by atoms with Gasteiger partial charge in [0, 0.05) is 45.4 Å². The lowest BCUT2D eigenvalue weighted by molar-refractivity contribution is 0.0499. The minimum Gasteiger partial charge on any atom is -0.496 e. The van der Waals surface area contributed by atoms with E-state index in [1.165, 1.54) is 11.1 Å². The van der Waals surface area contributed by atoms with Gasteiger partial charge < -0.3 is 14.6 Å². The molecule has 0 aromatic heterocycles. The zero-order valence-electron chi connectivity index (χ0n) is 17.9. The zero-order valence-corrected chi connectivity index (χ0v) is 17.9. The van der Waals surface area contributed by atoms with Crippen LogP contribution >= 0.6 is 0 Å². The molecule has 1 heterocycles. The van der Waals surface area contributed by atoms with Gasteiger partial charge in [-0.05, 0) is 55.2 Å². The third-order valence-electron chi connectivity index (χ3n) is 5.64. The van der Waals surface area contributed by atoms with Gasteiger partial charge in [0.2, 0.25) is 0 Å². The number of aryl methyl sites for hydroxylation is 1. The maximum atomic E-state index is 9.60. The van der Waals surface area contributed by atoms with E-state index in [-0.39, 0.29) is 6.61 Å². The molecule has 3 rings (SSSR count). The van der Waals surface area contributed by atoms with Gasteiger partial charge in [0.25, 0.3) is 0 Å². The summed E-state index contributed by atoms with van der Waals surface area (Å²) in [5.74, 6) is 1.86. The Kier molecular flexibility index (Phi) is 7.92. The van der Waals surface area contributed by atoms with Crippen molar-refractivity contribution in [3.8, 4) is 11.5 Å². The Balaban J connectivity index is 1.60. The van der Waals surface area contributed by atoms with Crippen molar-refractivity contribution >= 4 is 0 Å². The predicted molar refractivity (Wildman–Crippen MR) is 117 cm³/mol. The third kappa shape index (κ3) is 5.95. The summed E-state index contributed by atoms with van der Waals surface area (Å²) in [7, 11) is 1.71. The fourth-order valence-electron chi connectivity index (χ4n) is 4.12. The van der Waals surface area contributed by atoms with Crippen LogP contribution in [0.25, 0.3) is 0 Å². The van der Waals surface area contributed by atoms with Crippen LogP contribution in [0.5, 0.6) is 11.5 Å². The first-order valence-electron chi connectivity index (χ1n) is 10.6. The monoisotopic (exact) mass is 398 g/mol. The summed E-state index contributed by atoms with van der Waals surface area (Å²) < 4.78 is 10.9. The normalized spacial score (nSPS) is 18.0. The van der Waals surface area contributed by atoms with E-state index in [0.717, 1.165) is 56.2 Å². The van der Waals surface area contributed by atoms with Gasteiger partial charge in [-0.25, -0.2) is 0 Å². The molecule has 0 aliphatic carbocycles. The number of hydrogen-bond acceptors (Lipinski definition) is 5. The van der Waals surface area contributed by atoms with Gasteiger partial charge in [0.1, 0.15) is 11.5 Å². The average Bonchev–Trinajstić information content (AvgIpc) is 2.72. The van der Waals surface area contributed by atoms with Gasteiger partial charge in [0.15, 0.2) is 0 Å². The molecular weight excluding hydrogens is 364 g/mol. The van der Waals surface area contributed by atoms with Crippen molar-refractivity contribution in [3.05, 3.63) is 59.2 Å². The summed E-state index contributed by atoms with van der Waals surface area (Å²) in [4.78, 5) is 5.00. The number of aliphatic hydroxyl groups is 1. The largest absolute Gasteiger partial charge is 0.496 e. The Hall–Kier alpha value is -2.08. The quantitative estimate of drug-likeness (QED) is 0.701. The van der Waals surface area contributed by atoms with Crippen LogP contribution in [0.2, 0.25) is 0 Å². The number of hydrogen-bond donors (Lipinski definition) is 1. The standard InChI is InChI=1S/C24H34N2O3/c1-4-29-23-8-5-20(6-9-23)16-25-12-13-26(22(18-25)11-14-27)17-21-7-10-24(28-3)19(2)15-21/h5-10,15,22,27H,4,11-14,16-18H2,1-3H3/t22-/m1/s1. The Morgan fingerprint density at radius 2 is 1.79 bits per heavy atom. The van der Waals surface area contributed by atoms with Gasteiger partial charge in [-0.1, -0.05) is 24.3 Å². The fraction of sp³-hybridized carbons (Fsp3) is 0.500. The molecule has 5 heteroatoms. The first-order chi connectivity index (χ1) is 14.1. The minimum absolute atomic E-state index is 0.222.